The molecule has 100 valence electrons. The van der Waals surface area contributed by atoms with E-state index in [4.69, 9.17) is 0 Å². The molecule has 1 aliphatic heterocycles. The van der Waals surface area contributed by atoms with Crippen molar-refractivity contribution in [3.63, 3.8) is 0 Å². The second-order valence-corrected chi connectivity index (χ2v) is 5.64. The Labute approximate surface area is 108 Å². The van der Waals surface area contributed by atoms with E-state index in [0.717, 1.165) is 11.8 Å². The monoisotopic (exact) mass is 237 g/mol. The molecule has 1 unspecified atom stereocenters. The van der Waals surface area contributed by atoms with Gasteiger partial charge in [-0.05, 0) is 50.6 Å². The van der Waals surface area contributed by atoms with Crippen LogP contribution in [0, 0.1) is 11.8 Å². The van der Waals surface area contributed by atoms with Crippen LogP contribution in [0.1, 0.15) is 65.2 Å². The second-order valence-electron chi connectivity index (χ2n) is 5.64. The quantitative estimate of drug-likeness (QED) is 0.611. The van der Waals surface area contributed by atoms with Crippen LogP contribution in [0.4, 0.5) is 0 Å². The minimum Gasteiger partial charge on any atom is -0.317 e. The Hall–Kier alpha value is -0.300. The summed E-state index contributed by atoms with van der Waals surface area (Å²) in [4.78, 5) is 0. The molecule has 1 fully saturated rings. The van der Waals surface area contributed by atoms with Gasteiger partial charge >= 0.3 is 0 Å². The third-order valence-corrected chi connectivity index (χ3v) is 4.30. The van der Waals surface area contributed by atoms with Crippen LogP contribution in [0.5, 0.6) is 0 Å². The molecule has 1 heterocycles. The first-order valence-corrected chi connectivity index (χ1v) is 7.66. The zero-order chi connectivity index (χ0) is 12.5. The molecule has 0 aliphatic carbocycles. The van der Waals surface area contributed by atoms with Gasteiger partial charge in [0, 0.05) is 0 Å². The van der Waals surface area contributed by atoms with Gasteiger partial charge in [-0.25, -0.2) is 0 Å². The Morgan fingerprint density at radius 2 is 1.94 bits per heavy atom. The average molecular weight is 237 g/mol. The van der Waals surface area contributed by atoms with E-state index in [1.165, 1.54) is 70.0 Å². The SMILES string of the molecule is C=C(CCCC(CC)CCC)C1CCNCC1. The number of hydrogen-bond acceptors (Lipinski definition) is 1. The highest BCUT2D eigenvalue weighted by Crippen LogP contribution is 2.26. The van der Waals surface area contributed by atoms with E-state index in [9.17, 15) is 0 Å². The van der Waals surface area contributed by atoms with Crippen molar-refractivity contribution in [2.45, 2.75) is 65.2 Å². The van der Waals surface area contributed by atoms with E-state index in [1.54, 1.807) is 0 Å². The zero-order valence-electron chi connectivity index (χ0n) is 11.9. The first-order chi connectivity index (χ1) is 8.27. The molecule has 1 atom stereocenters. The van der Waals surface area contributed by atoms with E-state index in [2.05, 4.69) is 25.7 Å². The maximum absolute atomic E-state index is 4.32. The van der Waals surface area contributed by atoms with Crippen molar-refractivity contribution in [3.8, 4) is 0 Å². The Bertz CT molecular complexity index is 204. The zero-order valence-corrected chi connectivity index (χ0v) is 11.9. The number of piperidine rings is 1. The normalized spacial score (nSPS) is 19.2. The van der Waals surface area contributed by atoms with Gasteiger partial charge in [0.25, 0.3) is 0 Å². The molecule has 0 aromatic carbocycles. The summed E-state index contributed by atoms with van der Waals surface area (Å²) >= 11 is 0. The summed E-state index contributed by atoms with van der Waals surface area (Å²) < 4.78 is 0. The Kier molecular flexibility index (Phi) is 7.59. The standard InChI is InChI=1S/C16H31N/c1-4-7-15(5-2)9-6-8-14(3)16-10-12-17-13-11-16/h15-17H,3-13H2,1-2H3. The van der Waals surface area contributed by atoms with Crippen molar-refractivity contribution in [1.82, 2.24) is 5.32 Å². The molecular formula is C16H31N. The van der Waals surface area contributed by atoms with Crippen LogP contribution in [0.2, 0.25) is 0 Å². The number of allylic oxidation sites excluding steroid dienone is 1. The minimum atomic E-state index is 0.808. The van der Waals surface area contributed by atoms with E-state index < -0.39 is 0 Å². The number of hydrogen-bond donors (Lipinski definition) is 1. The fraction of sp³-hybridized carbons (Fsp3) is 0.875. The Morgan fingerprint density at radius 1 is 1.24 bits per heavy atom. The van der Waals surface area contributed by atoms with E-state index in [1.807, 2.05) is 0 Å². The minimum absolute atomic E-state index is 0.808. The van der Waals surface area contributed by atoms with Crippen molar-refractivity contribution in [2.75, 3.05) is 13.1 Å². The third-order valence-electron chi connectivity index (χ3n) is 4.30. The second kappa shape index (κ2) is 8.74. The summed E-state index contributed by atoms with van der Waals surface area (Å²) in [5, 5.41) is 3.43. The molecule has 0 amide bonds. The summed E-state index contributed by atoms with van der Waals surface area (Å²) in [5.74, 6) is 1.77. The van der Waals surface area contributed by atoms with Crippen molar-refractivity contribution < 1.29 is 0 Å². The van der Waals surface area contributed by atoms with Gasteiger partial charge in [0.15, 0.2) is 0 Å². The first-order valence-electron chi connectivity index (χ1n) is 7.66. The Balaban J connectivity index is 2.14. The summed E-state index contributed by atoms with van der Waals surface area (Å²) in [6.07, 6.45) is 10.8. The molecule has 0 aromatic heterocycles. The van der Waals surface area contributed by atoms with Crippen LogP contribution in [0.25, 0.3) is 0 Å². The van der Waals surface area contributed by atoms with Crippen molar-refractivity contribution in [2.24, 2.45) is 11.8 Å². The van der Waals surface area contributed by atoms with Crippen LogP contribution < -0.4 is 5.32 Å². The number of nitrogens with one attached hydrogen (secondary N) is 1. The number of rotatable bonds is 8. The van der Waals surface area contributed by atoms with Crippen LogP contribution in [0.3, 0.4) is 0 Å². The van der Waals surface area contributed by atoms with E-state index >= 15 is 0 Å². The van der Waals surface area contributed by atoms with Crippen LogP contribution in [0.15, 0.2) is 12.2 Å². The molecule has 1 rings (SSSR count). The van der Waals surface area contributed by atoms with Gasteiger partial charge in [-0.2, -0.15) is 0 Å². The van der Waals surface area contributed by atoms with Crippen molar-refractivity contribution in [3.05, 3.63) is 12.2 Å². The first kappa shape index (κ1) is 14.8. The molecular weight excluding hydrogens is 206 g/mol. The van der Waals surface area contributed by atoms with Crippen LogP contribution in [-0.4, -0.2) is 13.1 Å². The lowest BCUT2D eigenvalue weighted by Crippen LogP contribution is -2.28. The molecule has 1 heteroatoms. The fourth-order valence-corrected chi connectivity index (χ4v) is 3.01. The van der Waals surface area contributed by atoms with Gasteiger partial charge < -0.3 is 5.32 Å². The van der Waals surface area contributed by atoms with Crippen molar-refractivity contribution in [1.29, 1.82) is 0 Å². The van der Waals surface area contributed by atoms with E-state index in [0.29, 0.717) is 0 Å². The molecule has 0 bridgehead atoms. The molecule has 1 saturated heterocycles. The molecule has 1 aliphatic rings. The largest absolute Gasteiger partial charge is 0.317 e. The third kappa shape index (κ3) is 5.72. The lowest BCUT2D eigenvalue weighted by atomic mass is 9.86. The lowest BCUT2D eigenvalue weighted by molar-refractivity contribution is 0.391. The van der Waals surface area contributed by atoms with Gasteiger partial charge in [-0.3, -0.25) is 0 Å². The molecule has 0 saturated carbocycles. The summed E-state index contributed by atoms with van der Waals surface area (Å²) in [6, 6.07) is 0. The fourth-order valence-electron chi connectivity index (χ4n) is 3.01. The van der Waals surface area contributed by atoms with Gasteiger partial charge in [0.05, 0.1) is 0 Å². The van der Waals surface area contributed by atoms with Gasteiger partial charge in [-0.1, -0.05) is 51.7 Å². The van der Waals surface area contributed by atoms with E-state index in [-0.39, 0.29) is 0 Å². The highest BCUT2D eigenvalue weighted by atomic mass is 14.9. The summed E-state index contributed by atoms with van der Waals surface area (Å²) in [5.41, 5.74) is 1.53. The van der Waals surface area contributed by atoms with Crippen molar-refractivity contribution >= 4 is 0 Å². The maximum Gasteiger partial charge on any atom is -0.00432 e. The van der Waals surface area contributed by atoms with Gasteiger partial charge in [0.2, 0.25) is 0 Å². The summed E-state index contributed by atoms with van der Waals surface area (Å²) in [7, 11) is 0. The smallest absolute Gasteiger partial charge is 0.00432 e. The molecule has 0 spiro atoms. The Morgan fingerprint density at radius 3 is 2.53 bits per heavy atom. The molecule has 0 radical (unpaired) electrons. The van der Waals surface area contributed by atoms with Gasteiger partial charge in [0.1, 0.15) is 0 Å². The van der Waals surface area contributed by atoms with Crippen LogP contribution in [-0.2, 0) is 0 Å². The topological polar surface area (TPSA) is 12.0 Å². The molecule has 1 nitrogen and oxygen atoms in total. The predicted molar refractivity (Wildman–Crippen MR) is 77.3 cm³/mol. The summed E-state index contributed by atoms with van der Waals surface area (Å²) in [6.45, 7) is 11.3. The molecule has 17 heavy (non-hydrogen) atoms. The van der Waals surface area contributed by atoms with Crippen LogP contribution >= 0.6 is 0 Å². The highest BCUT2D eigenvalue weighted by molar-refractivity contribution is 5.02. The molecule has 0 aromatic rings. The lowest BCUT2D eigenvalue weighted by Gasteiger charge is -2.25. The average Bonchev–Trinajstić information content (AvgIpc) is 2.38. The maximum atomic E-state index is 4.32. The predicted octanol–water partition coefficient (Wildman–Crippen LogP) is 4.54. The highest BCUT2D eigenvalue weighted by Gasteiger charge is 2.15. The molecule has 1 N–H and O–H groups in total. The van der Waals surface area contributed by atoms with Gasteiger partial charge in [-0.15, -0.1) is 0 Å².